The van der Waals surface area contributed by atoms with E-state index in [2.05, 4.69) is 20.8 Å². The number of amides is 1. The summed E-state index contributed by atoms with van der Waals surface area (Å²) in [6.45, 7) is 10.3. The van der Waals surface area contributed by atoms with Gasteiger partial charge in [0.1, 0.15) is 0 Å². The van der Waals surface area contributed by atoms with Crippen molar-refractivity contribution in [2.24, 2.45) is 5.92 Å². The van der Waals surface area contributed by atoms with Gasteiger partial charge in [0, 0.05) is 39.2 Å². The van der Waals surface area contributed by atoms with Crippen molar-refractivity contribution in [1.82, 2.24) is 9.21 Å². The smallest absolute Gasteiger partial charge is 0.243 e. The summed E-state index contributed by atoms with van der Waals surface area (Å²) < 4.78 is 33.8. The van der Waals surface area contributed by atoms with E-state index in [-0.39, 0.29) is 17.2 Å². The fraction of sp³-hybridized carbons (Fsp3) is 0.519. The monoisotopic (exact) mass is 486 g/mol. The Hall–Kier alpha value is -2.22. The second-order valence-electron chi connectivity index (χ2n) is 10.1. The van der Waals surface area contributed by atoms with E-state index in [0.29, 0.717) is 50.5 Å². The highest BCUT2D eigenvalue weighted by atomic mass is 32.2. The van der Waals surface area contributed by atoms with E-state index in [9.17, 15) is 13.2 Å². The Bertz CT molecular complexity index is 1070. The molecule has 6 nitrogen and oxygen atoms in total. The van der Waals surface area contributed by atoms with Crippen molar-refractivity contribution in [3.8, 4) is 0 Å². The highest BCUT2D eigenvalue weighted by Crippen LogP contribution is 2.31. The second kappa shape index (κ2) is 11.0. The van der Waals surface area contributed by atoms with Gasteiger partial charge in [-0.2, -0.15) is 4.31 Å². The molecule has 0 aromatic heterocycles. The van der Waals surface area contributed by atoms with Crippen molar-refractivity contribution in [3.05, 3.63) is 65.2 Å². The molecule has 1 saturated heterocycles. The van der Waals surface area contributed by atoms with Crippen LogP contribution in [0.1, 0.15) is 50.3 Å². The van der Waals surface area contributed by atoms with Gasteiger partial charge in [-0.3, -0.25) is 4.79 Å². The summed E-state index contributed by atoms with van der Waals surface area (Å²) in [7, 11) is -1.99. The van der Waals surface area contributed by atoms with Crippen LogP contribution in [0, 0.1) is 12.8 Å². The number of piperidine rings is 1. The molecule has 186 valence electrons. The lowest BCUT2D eigenvalue weighted by Gasteiger charge is -2.34. The van der Waals surface area contributed by atoms with E-state index in [1.54, 1.807) is 11.4 Å². The normalized spacial score (nSPS) is 15.9. The molecule has 0 bridgehead atoms. The largest absolute Gasteiger partial charge is 0.383 e. The molecule has 0 N–H and O–H groups in total. The van der Waals surface area contributed by atoms with Gasteiger partial charge in [0.05, 0.1) is 11.5 Å². The third-order valence-electron chi connectivity index (χ3n) is 6.57. The molecule has 1 amide bonds. The van der Waals surface area contributed by atoms with Crippen LogP contribution in [0.4, 0.5) is 0 Å². The first kappa shape index (κ1) is 26.4. The standard InChI is InChI=1S/C27H38N2O4S/c1-21-11-12-24(27(2,3)4)19-25(21)34(31,32)29-15-13-23(14-16-29)26(30)28(17-18-33-5)20-22-9-7-6-8-10-22/h6-12,19,23H,13-18,20H2,1-5H3. The summed E-state index contributed by atoms with van der Waals surface area (Å²) in [5, 5.41) is 0. The minimum absolute atomic E-state index is 0.0730. The molecule has 0 saturated carbocycles. The van der Waals surface area contributed by atoms with Crippen LogP contribution in [-0.2, 0) is 31.5 Å². The van der Waals surface area contributed by atoms with Crippen LogP contribution in [0.3, 0.4) is 0 Å². The molecule has 0 atom stereocenters. The molecule has 1 aliphatic rings. The summed E-state index contributed by atoms with van der Waals surface area (Å²) in [4.78, 5) is 15.6. The van der Waals surface area contributed by atoms with Gasteiger partial charge in [-0.25, -0.2) is 8.42 Å². The maximum absolute atomic E-state index is 13.5. The number of carbonyl (C=O) groups is 1. The van der Waals surface area contributed by atoms with Gasteiger partial charge in [0.2, 0.25) is 15.9 Å². The number of ether oxygens (including phenoxy) is 1. The molecule has 0 aliphatic carbocycles. The maximum Gasteiger partial charge on any atom is 0.243 e. The zero-order chi connectivity index (χ0) is 24.9. The van der Waals surface area contributed by atoms with Gasteiger partial charge >= 0.3 is 0 Å². The van der Waals surface area contributed by atoms with Crippen LogP contribution >= 0.6 is 0 Å². The van der Waals surface area contributed by atoms with Crippen molar-refractivity contribution in [2.45, 2.75) is 57.4 Å². The van der Waals surface area contributed by atoms with E-state index < -0.39 is 10.0 Å². The Kier molecular flexibility index (Phi) is 8.55. The number of hydrogen-bond acceptors (Lipinski definition) is 4. The van der Waals surface area contributed by atoms with Crippen LogP contribution < -0.4 is 0 Å². The summed E-state index contributed by atoms with van der Waals surface area (Å²) in [5.74, 6) is -0.113. The Morgan fingerprint density at radius 2 is 1.74 bits per heavy atom. The maximum atomic E-state index is 13.5. The van der Waals surface area contributed by atoms with Crippen molar-refractivity contribution < 1.29 is 17.9 Å². The molecule has 0 unspecified atom stereocenters. The number of sulfonamides is 1. The molecule has 2 aromatic carbocycles. The predicted octanol–water partition coefficient (Wildman–Crippen LogP) is 4.37. The summed E-state index contributed by atoms with van der Waals surface area (Å²) >= 11 is 0. The SMILES string of the molecule is COCCN(Cc1ccccc1)C(=O)C1CCN(S(=O)(=O)c2cc(C(C)(C)C)ccc2C)CC1. The number of hydrogen-bond donors (Lipinski definition) is 0. The topological polar surface area (TPSA) is 66.9 Å². The zero-order valence-corrected chi connectivity index (χ0v) is 21.9. The van der Waals surface area contributed by atoms with Crippen molar-refractivity contribution >= 4 is 15.9 Å². The van der Waals surface area contributed by atoms with Gasteiger partial charge < -0.3 is 9.64 Å². The predicted molar refractivity (Wildman–Crippen MR) is 135 cm³/mol. The molecule has 1 aliphatic heterocycles. The van der Waals surface area contributed by atoms with Crippen LogP contribution in [0.25, 0.3) is 0 Å². The van der Waals surface area contributed by atoms with Gasteiger partial charge in [0.25, 0.3) is 0 Å². The van der Waals surface area contributed by atoms with Crippen LogP contribution in [0.2, 0.25) is 0 Å². The molecule has 7 heteroatoms. The number of nitrogens with zero attached hydrogens (tertiary/aromatic N) is 2. The first-order valence-corrected chi connectivity index (χ1v) is 13.4. The molecule has 3 rings (SSSR count). The summed E-state index contributed by atoms with van der Waals surface area (Å²) in [6, 6.07) is 15.6. The van der Waals surface area contributed by atoms with Crippen molar-refractivity contribution in [1.29, 1.82) is 0 Å². The van der Waals surface area contributed by atoms with E-state index in [1.165, 1.54) is 0 Å². The Morgan fingerprint density at radius 1 is 1.09 bits per heavy atom. The quantitative estimate of drug-likeness (QED) is 0.556. The lowest BCUT2D eigenvalue weighted by molar-refractivity contribution is -0.138. The molecular formula is C27H38N2O4S. The molecule has 0 spiro atoms. The number of methoxy groups -OCH3 is 1. The highest BCUT2D eigenvalue weighted by Gasteiger charge is 2.35. The third-order valence-corrected chi connectivity index (χ3v) is 8.61. The molecule has 1 heterocycles. The fourth-order valence-corrected chi connectivity index (χ4v) is 6.08. The van der Waals surface area contributed by atoms with Crippen LogP contribution in [0.15, 0.2) is 53.4 Å². The minimum atomic E-state index is -3.62. The second-order valence-corrected chi connectivity index (χ2v) is 12.1. The van der Waals surface area contributed by atoms with Gasteiger partial charge in [0.15, 0.2) is 0 Å². The third kappa shape index (κ3) is 6.26. The van der Waals surface area contributed by atoms with Crippen molar-refractivity contribution in [3.63, 3.8) is 0 Å². The molecule has 34 heavy (non-hydrogen) atoms. The van der Waals surface area contributed by atoms with Crippen molar-refractivity contribution in [2.75, 3.05) is 33.4 Å². The average molecular weight is 487 g/mol. The van der Waals surface area contributed by atoms with E-state index in [1.807, 2.05) is 60.4 Å². The highest BCUT2D eigenvalue weighted by molar-refractivity contribution is 7.89. The number of benzene rings is 2. The van der Waals surface area contributed by atoms with Crippen LogP contribution in [-0.4, -0.2) is 56.9 Å². The molecule has 1 fully saturated rings. The number of carbonyl (C=O) groups excluding carboxylic acids is 1. The van der Waals surface area contributed by atoms with Crippen LogP contribution in [0.5, 0.6) is 0 Å². The first-order chi connectivity index (χ1) is 16.0. The fourth-order valence-electron chi connectivity index (χ4n) is 4.36. The average Bonchev–Trinajstić information content (AvgIpc) is 2.81. The Balaban J connectivity index is 1.71. The zero-order valence-electron chi connectivity index (χ0n) is 21.1. The van der Waals surface area contributed by atoms with E-state index >= 15 is 0 Å². The van der Waals surface area contributed by atoms with E-state index in [0.717, 1.165) is 16.7 Å². The Labute approximate surface area is 205 Å². The van der Waals surface area contributed by atoms with Gasteiger partial charge in [-0.1, -0.05) is 63.2 Å². The summed E-state index contributed by atoms with van der Waals surface area (Å²) in [6.07, 6.45) is 1.04. The van der Waals surface area contributed by atoms with E-state index in [4.69, 9.17) is 4.74 Å². The Morgan fingerprint density at radius 3 is 2.32 bits per heavy atom. The minimum Gasteiger partial charge on any atom is -0.383 e. The van der Waals surface area contributed by atoms with Gasteiger partial charge in [-0.15, -0.1) is 0 Å². The first-order valence-electron chi connectivity index (χ1n) is 12.0. The summed E-state index contributed by atoms with van der Waals surface area (Å²) in [5.41, 5.74) is 2.68. The number of rotatable bonds is 8. The lowest BCUT2D eigenvalue weighted by atomic mass is 9.87. The molecule has 0 radical (unpaired) electrons. The number of aryl methyl sites for hydroxylation is 1. The molecular weight excluding hydrogens is 448 g/mol. The lowest BCUT2D eigenvalue weighted by Crippen LogP contribution is -2.45. The van der Waals surface area contributed by atoms with Gasteiger partial charge in [-0.05, 0) is 47.9 Å². The molecule has 2 aromatic rings.